The number of cyclic esters (lactones) is 1. The molecule has 5 rings (SSSR count). The number of rotatable bonds is 8. The van der Waals surface area contributed by atoms with Gasteiger partial charge < -0.3 is 39.0 Å². The zero-order chi connectivity index (χ0) is 42.0. The Kier molecular flexibility index (Phi) is 13.4. The molecule has 3 aliphatic heterocycles. The molecular weight excluding hydrogens is 764 g/mol. The van der Waals surface area contributed by atoms with Crippen LogP contribution in [0.5, 0.6) is 0 Å². The Labute approximate surface area is 335 Å². The summed E-state index contributed by atoms with van der Waals surface area (Å²) in [5, 5.41) is 26.3. The molecule has 3 fully saturated rings. The molecule has 2 N–H and O–H groups in total. The van der Waals surface area contributed by atoms with Gasteiger partial charge in [0.2, 0.25) is 5.82 Å². The Balaban J connectivity index is 1.53. The fraction of sp³-hybridized carbons (Fsp3) is 0.667. The molecule has 0 aliphatic carbocycles. The van der Waals surface area contributed by atoms with Gasteiger partial charge in [-0.05, 0) is 78.4 Å². The number of fused-ring (bicyclic) bond motifs is 1. The molecule has 57 heavy (non-hydrogen) atoms. The first-order valence-corrected chi connectivity index (χ1v) is 19.8. The van der Waals surface area contributed by atoms with Crippen molar-refractivity contribution < 1.29 is 52.4 Å². The molecule has 2 aromatic heterocycles. The monoisotopic (exact) mass is 816 g/mol. The highest BCUT2D eigenvalue weighted by molar-refractivity contribution is 7.15. The Hall–Kier alpha value is -4.12. The van der Waals surface area contributed by atoms with E-state index < -0.39 is 89.7 Å². The predicted molar refractivity (Wildman–Crippen MR) is 205 cm³/mol. The Bertz CT molecular complexity index is 1890. The third kappa shape index (κ3) is 9.29. The molecule has 0 spiro atoms. The van der Waals surface area contributed by atoms with E-state index >= 15 is 4.39 Å². The average Bonchev–Trinajstić information content (AvgIpc) is 3.90. The number of halogens is 1. The van der Waals surface area contributed by atoms with Crippen LogP contribution in [0.2, 0.25) is 0 Å². The highest BCUT2D eigenvalue weighted by atomic mass is 32.1. The van der Waals surface area contributed by atoms with E-state index in [4.69, 9.17) is 23.7 Å². The van der Waals surface area contributed by atoms with Crippen LogP contribution < -0.4 is 5.32 Å². The number of ether oxygens (including phenoxy) is 5. The lowest BCUT2D eigenvalue weighted by atomic mass is 9.75. The van der Waals surface area contributed by atoms with Crippen LogP contribution in [0.3, 0.4) is 0 Å². The fourth-order valence-corrected chi connectivity index (χ4v) is 8.66. The molecule has 2 aromatic rings. The van der Waals surface area contributed by atoms with E-state index in [9.17, 15) is 24.3 Å². The number of aromatic nitrogens is 4. The Morgan fingerprint density at radius 1 is 1.19 bits per heavy atom. The number of carbonyl (C=O) groups is 4. The summed E-state index contributed by atoms with van der Waals surface area (Å²) in [5.74, 6) is 1.75. The quantitative estimate of drug-likeness (QED) is 0.223. The molecular formula is C39H53FN6O10S. The van der Waals surface area contributed by atoms with Crippen molar-refractivity contribution in [2.45, 2.75) is 134 Å². The van der Waals surface area contributed by atoms with Gasteiger partial charge >= 0.3 is 12.1 Å². The van der Waals surface area contributed by atoms with E-state index in [-0.39, 0.29) is 31.3 Å². The molecule has 3 saturated heterocycles. The smallest absolute Gasteiger partial charge is 0.408 e. The molecule has 1 amide bonds. The number of Topliss-reactive ketones (excluding diaryl/α,β-unsaturated/α-hetero) is 2. The number of nitrogens with one attached hydrogen (secondary N) is 1. The first kappa shape index (κ1) is 44.0. The third-order valence-corrected chi connectivity index (χ3v) is 12.2. The Morgan fingerprint density at radius 3 is 2.56 bits per heavy atom. The molecule has 0 aromatic carbocycles. The first-order chi connectivity index (χ1) is 26.7. The summed E-state index contributed by atoms with van der Waals surface area (Å²) in [7, 11) is 3.61. The maximum Gasteiger partial charge on any atom is 0.408 e. The van der Waals surface area contributed by atoms with Crippen LogP contribution in [0.15, 0.2) is 18.7 Å². The van der Waals surface area contributed by atoms with Crippen LogP contribution in [0.4, 0.5) is 9.18 Å². The number of hydrogen-bond donors (Lipinski definition) is 2. The lowest BCUT2D eigenvalue weighted by Crippen LogP contribution is -2.60. The van der Waals surface area contributed by atoms with Crippen LogP contribution in [-0.2, 0) is 38.1 Å². The largest absolute Gasteiger partial charge is 0.455 e. The highest BCUT2D eigenvalue weighted by Gasteiger charge is 2.58. The topological polar surface area (TPSA) is 194 Å². The van der Waals surface area contributed by atoms with E-state index in [1.54, 1.807) is 53.9 Å². The third-order valence-electron chi connectivity index (χ3n) is 11.2. The lowest BCUT2D eigenvalue weighted by molar-refractivity contribution is -0.290. The number of esters is 1. The number of likely N-dealkylation sites (N-methyl/N-ethyl adjacent to an activating group) is 1. The van der Waals surface area contributed by atoms with Crippen LogP contribution in [-0.4, -0.2) is 134 Å². The molecule has 0 radical (unpaired) electrons. The molecule has 0 bridgehead atoms. The van der Waals surface area contributed by atoms with Crippen molar-refractivity contribution in [2.24, 2.45) is 11.8 Å². The number of thiophene rings is 1. The number of aliphatic hydroxyl groups is 1. The number of alkyl halides is 1. The van der Waals surface area contributed by atoms with Crippen molar-refractivity contribution in [1.82, 2.24) is 30.4 Å². The van der Waals surface area contributed by atoms with E-state index in [0.29, 0.717) is 22.0 Å². The second-order valence-electron chi connectivity index (χ2n) is 15.8. The SMILES string of the molecule is C=Cn1nnc(-c2ccc(C#CCO[C@@]3(C)C[C@@H](C)C(=O)[C@H](C)[C@H]4NC(=O)O[C@]4(C)[C@@H](CC)OC(=O)[C@@](C)(F)C(=O)C[C@H]3OC3O[C@H](C)C[C@H](N(C)C)[C@H]3O)s2)n1. The Morgan fingerprint density at radius 2 is 1.91 bits per heavy atom. The van der Waals surface area contributed by atoms with Crippen molar-refractivity contribution in [3.05, 3.63) is 23.6 Å². The summed E-state index contributed by atoms with van der Waals surface area (Å²) >= 11 is 1.32. The van der Waals surface area contributed by atoms with Crippen molar-refractivity contribution in [3.8, 4) is 22.5 Å². The summed E-state index contributed by atoms with van der Waals surface area (Å²) in [6, 6.07) is 2.20. The van der Waals surface area contributed by atoms with Crippen LogP contribution in [0.25, 0.3) is 16.9 Å². The number of tetrazole rings is 1. The van der Waals surface area contributed by atoms with Gasteiger partial charge in [-0.15, -0.1) is 26.3 Å². The number of carbonyl (C=O) groups excluding carboxylic acids is 4. The standard InChI is InChI=1S/C39H53FN6O10S/c1-11-28-39(8)32(41-36(51)56-39)23(5)30(48)21(3)20-37(6,52-17-13-14-24-15-16-26(57-24)33-42-44-46(12-2)43-33)29(19-27(47)38(7,40)35(50)55-28)54-34-31(49)25(45(9)10)18-22(4)53-34/h12,15-16,21-23,25,28-29,31-32,34,49H,2,11,17-20H2,1,3-10H3,(H,41,51)/t21-,22-,23+,25+,28-,29-,31-,32-,34?,37+,38+,39-/m1/s1. The predicted octanol–water partition coefficient (Wildman–Crippen LogP) is 3.56. The molecule has 16 nitrogen and oxygen atoms in total. The van der Waals surface area contributed by atoms with Crippen molar-refractivity contribution in [2.75, 3.05) is 20.7 Å². The minimum atomic E-state index is -3.19. The van der Waals surface area contributed by atoms with E-state index in [1.165, 1.54) is 29.3 Å². The van der Waals surface area contributed by atoms with Gasteiger partial charge in [-0.25, -0.2) is 14.0 Å². The molecule has 3 aliphatic rings. The summed E-state index contributed by atoms with van der Waals surface area (Å²) in [6.07, 6.45) is -5.16. The maximum atomic E-state index is 16.6. The molecule has 1 unspecified atom stereocenters. The van der Waals surface area contributed by atoms with Crippen molar-refractivity contribution in [1.29, 1.82) is 0 Å². The fourth-order valence-electron chi connectivity index (χ4n) is 7.85. The van der Waals surface area contributed by atoms with Gasteiger partial charge in [-0.1, -0.05) is 39.2 Å². The van der Waals surface area contributed by atoms with Crippen molar-refractivity contribution >= 4 is 41.2 Å². The summed E-state index contributed by atoms with van der Waals surface area (Å²) in [4.78, 5) is 59.1. The highest BCUT2D eigenvalue weighted by Crippen LogP contribution is 2.40. The number of hydrogen-bond acceptors (Lipinski definition) is 15. The number of ketones is 2. The van der Waals surface area contributed by atoms with Gasteiger partial charge in [0.05, 0.1) is 33.6 Å². The zero-order valence-electron chi connectivity index (χ0n) is 33.8. The van der Waals surface area contributed by atoms with Gasteiger partial charge in [0.15, 0.2) is 17.7 Å². The van der Waals surface area contributed by atoms with Crippen LogP contribution >= 0.6 is 11.3 Å². The maximum absolute atomic E-state index is 16.6. The molecule has 312 valence electrons. The summed E-state index contributed by atoms with van der Waals surface area (Å²) in [6.45, 7) is 14.1. The normalized spacial score (nSPS) is 36.7. The summed E-state index contributed by atoms with van der Waals surface area (Å²) < 4.78 is 46.9. The number of nitrogens with zero attached hydrogens (tertiary/aromatic N) is 5. The van der Waals surface area contributed by atoms with E-state index in [2.05, 4.69) is 39.1 Å². The van der Waals surface area contributed by atoms with E-state index in [1.807, 2.05) is 11.8 Å². The van der Waals surface area contributed by atoms with Gasteiger partial charge in [0, 0.05) is 30.5 Å². The second kappa shape index (κ2) is 17.4. The minimum Gasteiger partial charge on any atom is -0.455 e. The molecule has 5 heterocycles. The van der Waals surface area contributed by atoms with Gasteiger partial charge in [0.1, 0.15) is 24.6 Å². The van der Waals surface area contributed by atoms with E-state index in [0.717, 1.165) is 6.92 Å². The minimum absolute atomic E-state index is 0.0792. The van der Waals surface area contributed by atoms with Gasteiger partial charge in [-0.3, -0.25) is 9.59 Å². The average molecular weight is 817 g/mol. The van der Waals surface area contributed by atoms with Crippen LogP contribution in [0.1, 0.15) is 79.0 Å². The molecule has 12 atom stereocenters. The molecule has 18 heteroatoms. The first-order valence-electron chi connectivity index (χ1n) is 19.0. The van der Waals surface area contributed by atoms with Crippen molar-refractivity contribution in [3.63, 3.8) is 0 Å². The van der Waals surface area contributed by atoms with Gasteiger partial charge in [0.25, 0.3) is 5.67 Å². The molecule has 0 saturated carbocycles. The number of aliphatic hydroxyl groups excluding tert-OH is 1. The van der Waals surface area contributed by atoms with Gasteiger partial charge in [-0.2, -0.15) is 0 Å². The lowest BCUT2D eigenvalue weighted by Gasteiger charge is -2.46. The summed E-state index contributed by atoms with van der Waals surface area (Å²) in [5.41, 5.74) is -6.35. The number of alkyl carbamates (subject to hydrolysis) is 1. The number of amides is 1. The zero-order valence-corrected chi connectivity index (χ0v) is 34.6. The van der Waals surface area contributed by atoms with Crippen LogP contribution in [0, 0.1) is 23.7 Å². The second-order valence-corrected chi connectivity index (χ2v) is 16.9.